The molecule has 2 atom stereocenters. The molecule has 1 aromatic rings. The van der Waals surface area contributed by atoms with E-state index in [0.29, 0.717) is 18.6 Å². The second kappa shape index (κ2) is 7.03. The molecule has 0 saturated heterocycles. The van der Waals surface area contributed by atoms with Gasteiger partial charge in [-0.3, -0.25) is 4.90 Å². The summed E-state index contributed by atoms with van der Waals surface area (Å²) in [6, 6.07) is 3.24. The van der Waals surface area contributed by atoms with Crippen LogP contribution in [0.3, 0.4) is 0 Å². The molecule has 1 aliphatic rings. The zero-order valence-electron chi connectivity index (χ0n) is 13.2. The fraction of sp³-hybridized carbons (Fsp3) is 0.750. The van der Waals surface area contributed by atoms with Crippen molar-refractivity contribution in [1.82, 2.24) is 4.90 Å². The lowest BCUT2D eigenvalue weighted by Crippen LogP contribution is -2.43. The van der Waals surface area contributed by atoms with Gasteiger partial charge in [-0.2, -0.15) is 0 Å². The van der Waals surface area contributed by atoms with Gasteiger partial charge in [0.1, 0.15) is 0 Å². The van der Waals surface area contributed by atoms with E-state index in [-0.39, 0.29) is 0 Å². The number of hydrogen-bond donors (Lipinski definition) is 1. The Balaban J connectivity index is 2.20. The van der Waals surface area contributed by atoms with E-state index in [4.69, 9.17) is 10.5 Å². The highest BCUT2D eigenvalue weighted by molar-refractivity contribution is 7.12. The van der Waals surface area contributed by atoms with E-state index in [1.165, 1.54) is 28.2 Å². The largest absolute Gasteiger partial charge is 0.383 e. The summed E-state index contributed by atoms with van der Waals surface area (Å²) in [5.41, 5.74) is 7.55. The summed E-state index contributed by atoms with van der Waals surface area (Å²) < 4.78 is 5.31. The molecule has 2 N–H and O–H groups in total. The van der Waals surface area contributed by atoms with Crippen molar-refractivity contribution in [2.75, 3.05) is 26.8 Å². The Hall–Kier alpha value is -0.420. The Kier molecular flexibility index (Phi) is 5.61. The second-order valence-corrected chi connectivity index (χ2v) is 7.39. The zero-order chi connectivity index (χ0) is 14.7. The number of aryl methyl sites for hydroxylation is 2. The monoisotopic (exact) mass is 296 g/mol. The van der Waals surface area contributed by atoms with E-state index >= 15 is 0 Å². The quantitative estimate of drug-likeness (QED) is 0.801. The second-order valence-electron chi connectivity index (χ2n) is 5.93. The highest BCUT2D eigenvalue weighted by Crippen LogP contribution is 2.39. The average molecular weight is 296 g/mol. The number of nitrogens with two attached hydrogens (primary N) is 1. The van der Waals surface area contributed by atoms with Crippen molar-refractivity contribution in [3.05, 3.63) is 21.4 Å². The van der Waals surface area contributed by atoms with Crippen LogP contribution >= 0.6 is 11.3 Å². The first-order valence-electron chi connectivity index (χ1n) is 7.60. The smallest absolute Gasteiger partial charge is 0.0590 e. The number of rotatable bonds is 8. The molecule has 4 heteroatoms. The Morgan fingerprint density at radius 2 is 2.15 bits per heavy atom. The standard InChI is InChI=1S/C16H28N2OS/c1-11-9-15(13(3)20-11)16(10-17)18(7-8-19-4)12(2)14-5-6-14/h9,12,14,16H,5-8,10,17H2,1-4H3. The number of nitrogens with zero attached hydrogens (tertiary/aromatic N) is 1. The van der Waals surface area contributed by atoms with E-state index in [9.17, 15) is 0 Å². The third kappa shape index (κ3) is 3.61. The third-order valence-electron chi connectivity index (χ3n) is 4.44. The van der Waals surface area contributed by atoms with Crippen molar-refractivity contribution >= 4 is 11.3 Å². The Labute approximate surface area is 127 Å². The van der Waals surface area contributed by atoms with Gasteiger partial charge in [0.15, 0.2) is 0 Å². The van der Waals surface area contributed by atoms with Gasteiger partial charge >= 0.3 is 0 Å². The summed E-state index contributed by atoms with van der Waals surface area (Å²) in [6.07, 6.45) is 2.73. The molecule has 0 aromatic carbocycles. The molecular formula is C16H28N2OS. The number of hydrogen-bond acceptors (Lipinski definition) is 4. The first kappa shape index (κ1) is 16.0. The van der Waals surface area contributed by atoms with Crippen molar-refractivity contribution < 1.29 is 4.74 Å². The van der Waals surface area contributed by atoms with Crippen molar-refractivity contribution in [2.45, 2.75) is 45.7 Å². The summed E-state index contributed by atoms with van der Waals surface area (Å²) in [7, 11) is 1.78. The molecule has 2 rings (SSSR count). The van der Waals surface area contributed by atoms with Crippen LogP contribution < -0.4 is 5.73 Å². The van der Waals surface area contributed by atoms with Crippen LogP contribution in [0.1, 0.15) is 41.1 Å². The van der Waals surface area contributed by atoms with Crippen LogP contribution in [0.5, 0.6) is 0 Å². The lowest BCUT2D eigenvalue weighted by Gasteiger charge is -2.36. The minimum absolute atomic E-state index is 0.325. The highest BCUT2D eigenvalue weighted by atomic mass is 32.1. The predicted molar refractivity (Wildman–Crippen MR) is 86.4 cm³/mol. The molecule has 0 spiro atoms. The summed E-state index contributed by atoms with van der Waals surface area (Å²) >= 11 is 1.88. The van der Waals surface area contributed by atoms with Crippen molar-refractivity contribution in [2.24, 2.45) is 11.7 Å². The van der Waals surface area contributed by atoms with Crippen LogP contribution in [-0.4, -0.2) is 37.7 Å². The minimum atomic E-state index is 0.325. The van der Waals surface area contributed by atoms with Crippen LogP contribution in [0.15, 0.2) is 6.07 Å². The van der Waals surface area contributed by atoms with Crippen LogP contribution in [0.4, 0.5) is 0 Å². The molecule has 3 nitrogen and oxygen atoms in total. The molecule has 0 bridgehead atoms. The van der Waals surface area contributed by atoms with Gasteiger partial charge in [0.2, 0.25) is 0 Å². The van der Waals surface area contributed by atoms with E-state index < -0.39 is 0 Å². The van der Waals surface area contributed by atoms with Crippen LogP contribution in [0.2, 0.25) is 0 Å². The average Bonchev–Trinajstić information content (AvgIpc) is 3.20. The lowest BCUT2D eigenvalue weighted by molar-refractivity contribution is 0.0834. The maximum absolute atomic E-state index is 6.14. The fourth-order valence-electron chi connectivity index (χ4n) is 3.11. The molecule has 1 saturated carbocycles. The van der Waals surface area contributed by atoms with Crippen molar-refractivity contribution in [1.29, 1.82) is 0 Å². The lowest BCUT2D eigenvalue weighted by atomic mass is 10.0. The maximum atomic E-state index is 6.14. The molecule has 0 aliphatic heterocycles. The fourth-order valence-corrected chi connectivity index (χ4v) is 4.09. The number of ether oxygens (including phenoxy) is 1. The normalized spacial score (nSPS) is 18.5. The molecule has 0 radical (unpaired) electrons. The first-order valence-corrected chi connectivity index (χ1v) is 8.41. The number of methoxy groups -OCH3 is 1. The van der Waals surface area contributed by atoms with Gasteiger partial charge in [-0.1, -0.05) is 0 Å². The molecule has 0 amide bonds. The molecule has 2 unspecified atom stereocenters. The SMILES string of the molecule is COCCN(C(CN)c1cc(C)sc1C)C(C)C1CC1. The molecule has 20 heavy (non-hydrogen) atoms. The van der Waals surface area contributed by atoms with E-state index in [2.05, 4.69) is 31.7 Å². The molecule has 1 fully saturated rings. The van der Waals surface area contributed by atoms with Crippen LogP contribution in [0, 0.1) is 19.8 Å². The van der Waals surface area contributed by atoms with Gasteiger partial charge in [-0.05, 0) is 51.2 Å². The van der Waals surface area contributed by atoms with Crippen LogP contribution in [0.25, 0.3) is 0 Å². The molecule has 1 aliphatic carbocycles. The molecular weight excluding hydrogens is 268 g/mol. The first-order chi connectivity index (χ1) is 9.58. The summed E-state index contributed by atoms with van der Waals surface area (Å²) in [5.74, 6) is 0.848. The Bertz CT molecular complexity index is 428. The highest BCUT2D eigenvalue weighted by Gasteiger charge is 2.35. The molecule has 114 valence electrons. The van der Waals surface area contributed by atoms with E-state index in [0.717, 1.165) is 19.1 Å². The van der Waals surface area contributed by atoms with Gasteiger partial charge < -0.3 is 10.5 Å². The summed E-state index contributed by atoms with van der Waals surface area (Å²) in [6.45, 7) is 9.16. The van der Waals surface area contributed by atoms with Gasteiger partial charge in [-0.25, -0.2) is 0 Å². The molecule has 1 aromatic heterocycles. The van der Waals surface area contributed by atoms with Gasteiger partial charge in [0.05, 0.1) is 6.61 Å². The zero-order valence-corrected chi connectivity index (χ0v) is 14.0. The van der Waals surface area contributed by atoms with Crippen molar-refractivity contribution in [3.63, 3.8) is 0 Å². The number of thiophene rings is 1. The van der Waals surface area contributed by atoms with Gasteiger partial charge in [-0.15, -0.1) is 11.3 Å². The van der Waals surface area contributed by atoms with Gasteiger partial charge in [0.25, 0.3) is 0 Å². The predicted octanol–water partition coefficient (Wildman–Crippen LogP) is 3.11. The van der Waals surface area contributed by atoms with Crippen molar-refractivity contribution in [3.8, 4) is 0 Å². The summed E-state index contributed by atoms with van der Waals surface area (Å²) in [4.78, 5) is 5.35. The maximum Gasteiger partial charge on any atom is 0.0590 e. The summed E-state index contributed by atoms with van der Waals surface area (Å²) in [5, 5.41) is 0. The Morgan fingerprint density at radius 3 is 2.60 bits per heavy atom. The Morgan fingerprint density at radius 1 is 1.45 bits per heavy atom. The molecule has 1 heterocycles. The topological polar surface area (TPSA) is 38.5 Å². The van der Waals surface area contributed by atoms with E-state index in [1.54, 1.807) is 7.11 Å². The van der Waals surface area contributed by atoms with Crippen LogP contribution in [-0.2, 0) is 4.74 Å². The third-order valence-corrected chi connectivity index (χ3v) is 5.42. The van der Waals surface area contributed by atoms with E-state index in [1.807, 2.05) is 11.3 Å². The van der Waals surface area contributed by atoms with Gasteiger partial charge in [0, 0.05) is 42.0 Å². The minimum Gasteiger partial charge on any atom is -0.383 e.